The van der Waals surface area contributed by atoms with Crippen LogP contribution < -0.4 is 16.0 Å². The molecule has 0 heterocycles. The lowest BCUT2D eigenvalue weighted by molar-refractivity contribution is -0.116. The number of rotatable bonds is 11. The van der Waals surface area contributed by atoms with Crippen molar-refractivity contribution in [3.05, 3.63) is 165 Å². The van der Waals surface area contributed by atoms with Crippen LogP contribution >= 0.6 is 35.0 Å². The minimum absolute atomic E-state index is 0.0538. The van der Waals surface area contributed by atoms with E-state index >= 15 is 0 Å². The number of benzene rings is 5. The molecule has 6 nitrogen and oxygen atoms in total. The lowest BCUT2D eigenvalue weighted by Gasteiger charge is -2.18. The van der Waals surface area contributed by atoms with Crippen molar-refractivity contribution in [3.63, 3.8) is 0 Å². The number of halogens is 2. The maximum atomic E-state index is 13.7. The molecule has 0 fully saturated rings. The van der Waals surface area contributed by atoms with Gasteiger partial charge in [0.15, 0.2) is 0 Å². The van der Waals surface area contributed by atoms with Crippen molar-refractivity contribution in [2.24, 2.45) is 0 Å². The van der Waals surface area contributed by atoms with Gasteiger partial charge in [-0.2, -0.15) is 0 Å². The van der Waals surface area contributed by atoms with Crippen molar-refractivity contribution in [3.8, 4) is 0 Å². The fourth-order valence-corrected chi connectivity index (χ4v) is 6.37. The Morgan fingerprint density at radius 3 is 1.94 bits per heavy atom. The minimum Gasteiger partial charge on any atom is -0.325 e. The fourth-order valence-electron chi connectivity index (χ4n) is 4.78. The van der Waals surface area contributed by atoms with Crippen LogP contribution in [0.1, 0.15) is 52.1 Å². The van der Waals surface area contributed by atoms with E-state index in [1.807, 2.05) is 60.7 Å². The molecule has 5 rings (SSSR count). The maximum Gasteiger partial charge on any atom is 0.272 e. The highest BCUT2D eigenvalue weighted by Gasteiger charge is 2.23. The molecule has 242 valence electrons. The summed E-state index contributed by atoms with van der Waals surface area (Å²) < 4.78 is 0. The van der Waals surface area contributed by atoms with Gasteiger partial charge < -0.3 is 16.0 Å². The molecule has 0 spiro atoms. The number of hydrogen-bond donors (Lipinski definition) is 3. The number of carbonyl (C=O) groups is 3. The predicted octanol–water partition coefficient (Wildman–Crippen LogP) is 10.00. The molecule has 0 aliphatic rings. The van der Waals surface area contributed by atoms with Crippen LogP contribution in [0, 0.1) is 0 Å². The zero-order valence-electron chi connectivity index (χ0n) is 26.2. The van der Waals surface area contributed by atoms with E-state index < -0.39 is 17.1 Å². The second-order valence-corrected chi connectivity index (χ2v) is 13.2. The number of thioether (sulfide) groups is 1. The second-order valence-electron chi connectivity index (χ2n) is 11.2. The highest BCUT2D eigenvalue weighted by molar-refractivity contribution is 8.00. The summed E-state index contributed by atoms with van der Waals surface area (Å²) in [6.07, 6.45) is 1.45. The first-order valence-electron chi connectivity index (χ1n) is 15.2. The van der Waals surface area contributed by atoms with E-state index in [1.54, 1.807) is 66.7 Å². The number of nitrogens with one attached hydrogen (secondary N) is 3. The third kappa shape index (κ3) is 9.16. The monoisotopic (exact) mass is 693 g/mol. The van der Waals surface area contributed by atoms with Crippen molar-refractivity contribution in [1.29, 1.82) is 0 Å². The summed E-state index contributed by atoms with van der Waals surface area (Å²) in [6.45, 7) is 4.25. The second kappa shape index (κ2) is 16.3. The van der Waals surface area contributed by atoms with Crippen molar-refractivity contribution in [1.82, 2.24) is 5.32 Å². The van der Waals surface area contributed by atoms with Gasteiger partial charge in [0.05, 0.1) is 0 Å². The molecule has 0 aromatic heterocycles. The molecule has 0 aliphatic carbocycles. The van der Waals surface area contributed by atoms with E-state index in [0.717, 1.165) is 10.5 Å². The molecule has 0 saturated carbocycles. The molecular formula is C39H33Cl2N3O3S. The summed E-state index contributed by atoms with van der Waals surface area (Å²) in [6, 6.07) is 38.1. The van der Waals surface area contributed by atoms with E-state index in [0.29, 0.717) is 38.5 Å². The van der Waals surface area contributed by atoms with Gasteiger partial charge in [0, 0.05) is 37.4 Å². The standard InChI is InChI=1S/C39H33Cl2N3O3S/c1-25(2)26-19-21-29(22-20-26)42-39(47)36(27-11-5-3-6-12-27)48-31-16-9-15-30(23-31)43-38(46)35(24-32-33(40)17-10-18-34(32)41)44-37(45)28-13-7-4-8-14-28/h3-25,36H,1-2H3,(H,42,47)(H,43,46)(H,44,45)/b35-24+. The molecule has 0 radical (unpaired) electrons. The van der Waals surface area contributed by atoms with Gasteiger partial charge >= 0.3 is 0 Å². The highest BCUT2D eigenvalue weighted by Crippen LogP contribution is 2.37. The third-order valence-electron chi connectivity index (χ3n) is 7.35. The van der Waals surface area contributed by atoms with E-state index in [4.69, 9.17) is 23.2 Å². The summed E-state index contributed by atoms with van der Waals surface area (Å²) in [5, 5.41) is 8.70. The van der Waals surface area contributed by atoms with Crippen molar-refractivity contribution >= 4 is 70.1 Å². The Morgan fingerprint density at radius 1 is 0.667 bits per heavy atom. The predicted molar refractivity (Wildman–Crippen MR) is 198 cm³/mol. The molecule has 9 heteroatoms. The van der Waals surface area contributed by atoms with Crippen LogP contribution in [0.3, 0.4) is 0 Å². The number of carbonyl (C=O) groups excluding carboxylic acids is 3. The Kier molecular flexibility index (Phi) is 11.7. The Hall–Kier alpha value is -4.82. The van der Waals surface area contributed by atoms with E-state index in [2.05, 4.69) is 29.8 Å². The van der Waals surface area contributed by atoms with E-state index in [-0.39, 0.29) is 11.6 Å². The number of hydrogen-bond acceptors (Lipinski definition) is 4. The number of anilines is 2. The van der Waals surface area contributed by atoms with Crippen LogP contribution in [0.25, 0.3) is 6.08 Å². The summed E-state index contributed by atoms with van der Waals surface area (Å²) in [7, 11) is 0. The smallest absolute Gasteiger partial charge is 0.272 e. The first-order valence-corrected chi connectivity index (χ1v) is 16.9. The SMILES string of the molecule is CC(C)c1ccc(NC(=O)C(Sc2cccc(NC(=O)/C(=C\c3c(Cl)cccc3Cl)NC(=O)c3ccccc3)c2)c2ccccc2)cc1. The molecule has 3 N–H and O–H groups in total. The van der Waals surface area contributed by atoms with Crippen LogP contribution in [-0.2, 0) is 9.59 Å². The molecule has 0 bridgehead atoms. The van der Waals surface area contributed by atoms with Gasteiger partial charge in [-0.25, -0.2) is 0 Å². The lowest BCUT2D eigenvalue weighted by atomic mass is 10.0. The number of amides is 3. The van der Waals surface area contributed by atoms with Gasteiger partial charge in [0.1, 0.15) is 10.9 Å². The van der Waals surface area contributed by atoms with Crippen LogP contribution in [0.5, 0.6) is 0 Å². The van der Waals surface area contributed by atoms with Gasteiger partial charge in [0.25, 0.3) is 11.8 Å². The Labute approximate surface area is 294 Å². The topological polar surface area (TPSA) is 87.3 Å². The third-order valence-corrected chi connectivity index (χ3v) is 9.26. The van der Waals surface area contributed by atoms with Crippen molar-refractivity contribution in [2.45, 2.75) is 29.9 Å². The Morgan fingerprint density at radius 2 is 1.29 bits per heavy atom. The first-order chi connectivity index (χ1) is 23.2. The maximum absolute atomic E-state index is 13.7. The van der Waals surface area contributed by atoms with Gasteiger partial charge in [-0.3, -0.25) is 14.4 Å². The molecule has 48 heavy (non-hydrogen) atoms. The molecule has 5 aromatic carbocycles. The highest BCUT2D eigenvalue weighted by atomic mass is 35.5. The first kappa shape index (κ1) is 34.5. The molecular weight excluding hydrogens is 661 g/mol. The normalized spacial score (nSPS) is 11.9. The molecule has 0 saturated heterocycles. The summed E-state index contributed by atoms with van der Waals surface area (Å²) in [5.74, 6) is -0.848. The molecule has 1 unspecified atom stereocenters. The van der Waals surface area contributed by atoms with Gasteiger partial charge in [0.2, 0.25) is 5.91 Å². The van der Waals surface area contributed by atoms with Crippen LogP contribution in [-0.4, -0.2) is 17.7 Å². The van der Waals surface area contributed by atoms with E-state index in [1.165, 1.54) is 23.4 Å². The Balaban J connectivity index is 1.38. The van der Waals surface area contributed by atoms with Crippen molar-refractivity contribution < 1.29 is 14.4 Å². The van der Waals surface area contributed by atoms with Gasteiger partial charge in [-0.1, -0.05) is 110 Å². The average molecular weight is 695 g/mol. The summed E-state index contributed by atoms with van der Waals surface area (Å²) in [5.41, 5.74) is 3.91. The van der Waals surface area contributed by atoms with Crippen LogP contribution in [0.2, 0.25) is 10.0 Å². The Bertz CT molecular complexity index is 1910. The molecule has 5 aromatic rings. The van der Waals surface area contributed by atoms with Crippen LogP contribution in [0.15, 0.2) is 138 Å². The molecule has 3 amide bonds. The quantitative estimate of drug-likeness (QED) is 0.0949. The van der Waals surface area contributed by atoms with Gasteiger partial charge in [-0.05, 0) is 77.7 Å². The zero-order chi connectivity index (χ0) is 34.0. The van der Waals surface area contributed by atoms with E-state index in [9.17, 15) is 14.4 Å². The zero-order valence-corrected chi connectivity index (χ0v) is 28.6. The fraction of sp³-hybridized carbons (Fsp3) is 0.103. The summed E-state index contributed by atoms with van der Waals surface area (Å²) in [4.78, 5) is 41.2. The average Bonchev–Trinajstić information content (AvgIpc) is 3.09. The van der Waals surface area contributed by atoms with Gasteiger partial charge in [-0.15, -0.1) is 11.8 Å². The summed E-state index contributed by atoms with van der Waals surface area (Å²) >= 11 is 14.2. The molecule has 1 atom stereocenters. The minimum atomic E-state index is -0.584. The molecule has 0 aliphatic heterocycles. The van der Waals surface area contributed by atoms with Crippen molar-refractivity contribution in [2.75, 3.05) is 10.6 Å². The van der Waals surface area contributed by atoms with Crippen LogP contribution in [0.4, 0.5) is 11.4 Å². The largest absolute Gasteiger partial charge is 0.325 e. The lowest BCUT2D eigenvalue weighted by Crippen LogP contribution is -2.30.